The van der Waals surface area contributed by atoms with Crippen LogP contribution in [0.1, 0.15) is 19.8 Å². The van der Waals surface area contributed by atoms with Crippen LogP contribution in [-0.4, -0.2) is 18.0 Å². The molecule has 0 aliphatic heterocycles. The van der Waals surface area contributed by atoms with Crippen molar-refractivity contribution in [3.05, 3.63) is 0 Å². The van der Waals surface area contributed by atoms with Gasteiger partial charge in [0.25, 0.3) is 0 Å². The summed E-state index contributed by atoms with van der Waals surface area (Å²) in [5, 5.41) is 6.86. The van der Waals surface area contributed by atoms with Crippen LogP contribution in [0.3, 0.4) is 0 Å². The lowest BCUT2D eigenvalue weighted by molar-refractivity contribution is -0.116. The minimum atomic E-state index is -0.0796. The van der Waals surface area contributed by atoms with Crippen molar-refractivity contribution < 1.29 is 4.79 Å². The second-order valence-corrected chi connectivity index (χ2v) is 2.06. The number of guanidine groups is 1. The molecule has 0 aliphatic carbocycles. The van der Waals surface area contributed by atoms with Crippen LogP contribution >= 0.6 is 0 Å². The number of nitrogens with zero attached hydrogens (tertiary/aromatic N) is 2. The van der Waals surface area contributed by atoms with Gasteiger partial charge in [-0.1, -0.05) is 0 Å². The molecule has 0 saturated carbocycles. The summed E-state index contributed by atoms with van der Waals surface area (Å²) in [5.74, 6) is 0.0465. The van der Waals surface area contributed by atoms with Crippen molar-refractivity contribution in [1.29, 1.82) is 0 Å². The Kier molecular flexibility index (Phi) is 4.72. The number of hydrogen-bond donors (Lipinski definition) is 2. The van der Waals surface area contributed by atoms with Gasteiger partial charge in [0, 0.05) is 12.6 Å². The third-order valence-electron chi connectivity index (χ3n) is 0.880. The molecule has 62 valence electrons. The number of ketones is 1. The average Bonchev–Trinajstić information content (AvgIpc) is 1.85. The standard InChI is InChI=1S/C6H12N4O/c1-5(11)3-2-4-9-10-6(7)8/h4H,2-3H2,1H3,(H4,7,8,10)/b9-4-. The van der Waals surface area contributed by atoms with Gasteiger partial charge in [-0.3, -0.25) is 0 Å². The van der Waals surface area contributed by atoms with E-state index in [1.54, 1.807) is 0 Å². The summed E-state index contributed by atoms with van der Waals surface area (Å²) >= 11 is 0. The number of Topliss-reactive ketones (excluding diaryl/α,β-unsaturated/α-hetero) is 1. The molecular formula is C6H12N4O. The normalized spacial score (nSPS) is 9.91. The third kappa shape index (κ3) is 8.61. The van der Waals surface area contributed by atoms with Gasteiger partial charge in [-0.05, 0) is 13.3 Å². The van der Waals surface area contributed by atoms with E-state index in [0.29, 0.717) is 12.8 Å². The fourth-order valence-electron chi connectivity index (χ4n) is 0.433. The monoisotopic (exact) mass is 156 g/mol. The maximum atomic E-state index is 10.4. The topological polar surface area (TPSA) is 93.8 Å². The lowest BCUT2D eigenvalue weighted by Crippen LogP contribution is -2.21. The number of rotatable bonds is 4. The Hall–Kier alpha value is -1.39. The smallest absolute Gasteiger partial charge is 0.211 e. The first-order valence-corrected chi connectivity index (χ1v) is 3.23. The van der Waals surface area contributed by atoms with E-state index in [4.69, 9.17) is 11.5 Å². The van der Waals surface area contributed by atoms with Crippen LogP contribution in [0.4, 0.5) is 0 Å². The number of nitrogens with two attached hydrogens (primary N) is 2. The first-order valence-electron chi connectivity index (χ1n) is 3.23. The minimum Gasteiger partial charge on any atom is -0.369 e. The van der Waals surface area contributed by atoms with Gasteiger partial charge in [-0.2, -0.15) is 5.10 Å². The van der Waals surface area contributed by atoms with Crippen molar-refractivity contribution in [2.24, 2.45) is 21.7 Å². The molecule has 0 spiro atoms. The predicted molar refractivity (Wildman–Crippen MR) is 44.2 cm³/mol. The van der Waals surface area contributed by atoms with E-state index >= 15 is 0 Å². The van der Waals surface area contributed by atoms with Gasteiger partial charge in [-0.25, -0.2) is 0 Å². The largest absolute Gasteiger partial charge is 0.369 e. The van der Waals surface area contributed by atoms with Crippen LogP contribution in [0.2, 0.25) is 0 Å². The molecule has 0 bridgehead atoms. The van der Waals surface area contributed by atoms with Crippen LogP contribution in [0, 0.1) is 0 Å². The molecule has 0 aromatic heterocycles. The molecule has 4 N–H and O–H groups in total. The zero-order chi connectivity index (χ0) is 8.69. The molecule has 0 unspecified atom stereocenters. The Morgan fingerprint density at radius 3 is 2.64 bits per heavy atom. The Labute approximate surface area is 65.2 Å². The van der Waals surface area contributed by atoms with E-state index < -0.39 is 0 Å². The van der Waals surface area contributed by atoms with Crippen molar-refractivity contribution in [3.63, 3.8) is 0 Å². The molecule has 0 rings (SSSR count). The van der Waals surface area contributed by atoms with Crippen molar-refractivity contribution in [3.8, 4) is 0 Å². The zero-order valence-electron chi connectivity index (χ0n) is 6.45. The third-order valence-corrected chi connectivity index (χ3v) is 0.880. The summed E-state index contributed by atoms with van der Waals surface area (Å²) in [6.45, 7) is 1.52. The van der Waals surface area contributed by atoms with Crippen LogP contribution < -0.4 is 11.5 Å². The van der Waals surface area contributed by atoms with Crippen molar-refractivity contribution in [2.45, 2.75) is 19.8 Å². The maximum Gasteiger partial charge on any atom is 0.211 e. The van der Waals surface area contributed by atoms with Crippen LogP contribution in [-0.2, 0) is 4.79 Å². The fraction of sp³-hybridized carbons (Fsp3) is 0.500. The highest BCUT2D eigenvalue weighted by Crippen LogP contribution is 1.85. The summed E-state index contributed by atoms with van der Waals surface area (Å²) < 4.78 is 0. The van der Waals surface area contributed by atoms with E-state index in [1.807, 2.05) is 0 Å². The molecular weight excluding hydrogens is 144 g/mol. The number of carbonyl (C=O) groups excluding carboxylic acids is 1. The van der Waals surface area contributed by atoms with Crippen LogP contribution in [0.5, 0.6) is 0 Å². The molecule has 0 atom stereocenters. The Morgan fingerprint density at radius 2 is 2.18 bits per heavy atom. The molecule has 0 amide bonds. The van der Waals surface area contributed by atoms with Gasteiger partial charge in [-0.15, -0.1) is 5.10 Å². The first-order chi connectivity index (χ1) is 5.13. The van der Waals surface area contributed by atoms with E-state index in [0.717, 1.165) is 0 Å². The molecule has 5 nitrogen and oxygen atoms in total. The lowest BCUT2D eigenvalue weighted by Gasteiger charge is -1.86. The molecule has 0 aromatic rings. The molecule has 0 saturated heterocycles. The predicted octanol–water partition coefficient (Wildman–Crippen LogP) is -0.385. The molecule has 0 radical (unpaired) electrons. The average molecular weight is 156 g/mol. The van der Waals surface area contributed by atoms with Gasteiger partial charge >= 0.3 is 0 Å². The summed E-state index contributed by atoms with van der Waals surface area (Å²) in [6.07, 6.45) is 2.55. The quantitative estimate of drug-likeness (QED) is 0.330. The number of carbonyl (C=O) groups is 1. The van der Waals surface area contributed by atoms with Crippen molar-refractivity contribution >= 4 is 18.0 Å². The highest BCUT2D eigenvalue weighted by atomic mass is 16.1. The molecule has 0 aromatic carbocycles. The highest BCUT2D eigenvalue weighted by molar-refractivity contribution is 5.79. The Morgan fingerprint density at radius 1 is 1.55 bits per heavy atom. The number of hydrogen-bond acceptors (Lipinski definition) is 3. The van der Waals surface area contributed by atoms with E-state index in [2.05, 4.69) is 10.2 Å². The summed E-state index contributed by atoms with van der Waals surface area (Å²) in [5.41, 5.74) is 9.96. The zero-order valence-corrected chi connectivity index (χ0v) is 6.45. The summed E-state index contributed by atoms with van der Waals surface area (Å²) in [4.78, 5) is 10.4. The Balaban J connectivity index is 3.46. The van der Waals surface area contributed by atoms with Crippen LogP contribution in [0.15, 0.2) is 10.2 Å². The van der Waals surface area contributed by atoms with Gasteiger partial charge in [0.2, 0.25) is 5.96 Å². The van der Waals surface area contributed by atoms with Gasteiger partial charge in [0.05, 0.1) is 0 Å². The van der Waals surface area contributed by atoms with Gasteiger partial charge in [0.15, 0.2) is 0 Å². The highest BCUT2D eigenvalue weighted by Gasteiger charge is 1.88. The fourth-order valence-corrected chi connectivity index (χ4v) is 0.433. The second-order valence-electron chi connectivity index (χ2n) is 2.06. The molecule has 0 aliphatic rings. The summed E-state index contributed by atoms with van der Waals surface area (Å²) in [6, 6.07) is 0. The molecule has 11 heavy (non-hydrogen) atoms. The van der Waals surface area contributed by atoms with Crippen molar-refractivity contribution in [1.82, 2.24) is 0 Å². The second kappa shape index (κ2) is 5.40. The molecule has 0 fully saturated rings. The van der Waals surface area contributed by atoms with Crippen LogP contribution in [0.25, 0.3) is 0 Å². The maximum absolute atomic E-state index is 10.4. The Bertz CT molecular complexity index is 181. The SMILES string of the molecule is CC(=O)CC/C=N\N=C(N)N. The lowest BCUT2D eigenvalue weighted by atomic mass is 10.2. The van der Waals surface area contributed by atoms with E-state index in [-0.39, 0.29) is 11.7 Å². The van der Waals surface area contributed by atoms with E-state index in [9.17, 15) is 4.79 Å². The van der Waals surface area contributed by atoms with E-state index in [1.165, 1.54) is 13.1 Å². The first kappa shape index (κ1) is 9.61. The van der Waals surface area contributed by atoms with Crippen molar-refractivity contribution in [2.75, 3.05) is 0 Å². The minimum absolute atomic E-state index is 0.0796. The molecule has 0 heterocycles. The van der Waals surface area contributed by atoms with Gasteiger partial charge < -0.3 is 16.3 Å². The molecule has 5 heteroatoms. The van der Waals surface area contributed by atoms with Gasteiger partial charge in [0.1, 0.15) is 5.78 Å². The summed E-state index contributed by atoms with van der Waals surface area (Å²) in [7, 11) is 0.